The molecule has 0 aliphatic heterocycles. The van der Waals surface area contributed by atoms with Crippen LogP contribution in [0.2, 0.25) is 0 Å². The summed E-state index contributed by atoms with van der Waals surface area (Å²) in [6, 6.07) is 2.52. The normalized spacial score (nSPS) is 11.1. The Bertz CT molecular complexity index is 480. The van der Waals surface area contributed by atoms with Crippen molar-refractivity contribution in [2.75, 3.05) is 11.9 Å². The quantitative estimate of drug-likeness (QED) is 0.740. The van der Waals surface area contributed by atoms with Crippen LogP contribution >= 0.6 is 0 Å². The van der Waals surface area contributed by atoms with Crippen LogP contribution in [-0.2, 0) is 6.54 Å². The van der Waals surface area contributed by atoms with Crippen LogP contribution in [0.5, 0.6) is 0 Å². The van der Waals surface area contributed by atoms with E-state index in [1.54, 1.807) is 26.1 Å². The van der Waals surface area contributed by atoms with Crippen LogP contribution in [0.25, 0.3) is 0 Å². The molecule has 0 aliphatic rings. The van der Waals surface area contributed by atoms with E-state index in [9.17, 15) is 9.59 Å². The Balaban J connectivity index is 2.74. The fourth-order valence-corrected chi connectivity index (χ4v) is 1.36. The van der Waals surface area contributed by atoms with Crippen LogP contribution in [0.4, 0.5) is 10.5 Å². The predicted octanol–water partition coefficient (Wildman–Crippen LogP) is 0.761. The first-order chi connectivity index (χ1) is 8.38. The molecule has 3 N–H and O–H groups in total. The molecule has 0 bridgehead atoms. The molecule has 1 rings (SSSR count). The number of hydrogen-bond acceptors (Lipinski definition) is 3. The van der Waals surface area contributed by atoms with E-state index >= 15 is 0 Å². The fraction of sp³-hybridized carbons (Fsp3) is 0.500. The maximum absolute atomic E-state index is 11.7. The summed E-state index contributed by atoms with van der Waals surface area (Å²) in [6.45, 7) is 5.65. The summed E-state index contributed by atoms with van der Waals surface area (Å²) in [4.78, 5) is 23.0. The molecule has 0 saturated heterocycles. The average Bonchev–Trinajstić information content (AvgIpc) is 2.31. The van der Waals surface area contributed by atoms with Crippen molar-refractivity contribution < 1.29 is 9.90 Å². The lowest BCUT2D eigenvalue weighted by molar-refractivity contribution is 0.187. The van der Waals surface area contributed by atoms with Gasteiger partial charge in [0, 0.05) is 18.8 Å². The number of amides is 2. The van der Waals surface area contributed by atoms with Crippen LogP contribution in [0.15, 0.2) is 23.1 Å². The number of aliphatic hydroxyl groups excluding tert-OH is 1. The summed E-state index contributed by atoms with van der Waals surface area (Å²) >= 11 is 0. The molecule has 0 fully saturated rings. The van der Waals surface area contributed by atoms with Gasteiger partial charge in [0.2, 0.25) is 0 Å². The molecule has 18 heavy (non-hydrogen) atoms. The van der Waals surface area contributed by atoms with Crippen molar-refractivity contribution in [3.8, 4) is 0 Å². The minimum atomic E-state index is -0.691. The smallest absolute Gasteiger partial charge is 0.319 e. The molecular formula is C12H19N3O3. The van der Waals surface area contributed by atoms with Crippen molar-refractivity contribution in [3.05, 3.63) is 28.7 Å². The van der Waals surface area contributed by atoms with E-state index in [0.717, 1.165) is 0 Å². The molecule has 0 aliphatic carbocycles. The van der Waals surface area contributed by atoms with E-state index in [1.165, 1.54) is 10.6 Å². The molecule has 0 spiro atoms. The van der Waals surface area contributed by atoms with Gasteiger partial charge in [-0.2, -0.15) is 0 Å². The number of rotatable bonds is 4. The maximum atomic E-state index is 11.7. The van der Waals surface area contributed by atoms with E-state index in [2.05, 4.69) is 10.6 Å². The largest absolute Gasteiger partial charge is 0.394 e. The van der Waals surface area contributed by atoms with Crippen LogP contribution in [-0.4, -0.2) is 27.9 Å². The standard InChI is InChI=1S/C12H19N3O3/c1-4-15-7-9(5-6-10(15)17)13-11(18)14-12(2,3)8-16/h5-7,16H,4,8H2,1-3H3,(H2,13,14,18). The van der Waals surface area contributed by atoms with E-state index in [0.29, 0.717) is 12.2 Å². The highest BCUT2D eigenvalue weighted by molar-refractivity contribution is 5.89. The first-order valence-corrected chi connectivity index (χ1v) is 5.78. The average molecular weight is 253 g/mol. The zero-order valence-corrected chi connectivity index (χ0v) is 10.9. The summed E-state index contributed by atoms with van der Waals surface area (Å²) in [7, 11) is 0. The van der Waals surface area contributed by atoms with Gasteiger partial charge in [-0.05, 0) is 26.8 Å². The Kier molecular flexibility index (Phi) is 4.49. The van der Waals surface area contributed by atoms with E-state index in [1.807, 2.05) is 6.92 Å². The molecule has 0 atom stereocenters. The second kappa shape index (κ2) is 5.68. The minimum absolute atomic E-state index is 0.112. The summed E-state index contributed by atoms with van der Waals surface area (Å²) in [5.41, 5.74) is -0.273. The summed E-state index contributed by atoms with van der Waals surface area (Å²) < 4.78 is 1.49. The third kappa shape index (κ3) is 3.89. The number of aromatic nitrogens is 1. The molecule has 1 aromatic heterocycles. The van der Waals surface area contributed by atoms with Gasteiger partial charge in [0.15, 0.2) is 0 Å². The Morgan fingerprint density at radius 3 is 2.67 bits per heavy atom. The summed E-state index contributed by atoms with van der Waals surface area (Å²) in [6.07, 6.45) is 1.58. The molecule has 100 valence electrons. The number of hydrogen-bond donors (Lipinski definition) is 3. The van der Waals surface area contributed by atoms with Crippen molar-refractivity contribution in [1.82, 2.24) is 9.88 Å². The van der Waals surface area contributed by atoms with Crippen LogP contribution in [0, 0.1) is 0 Å². The lowest BCUT2D eigenvalue weighted by atomic mass is 10.1. The van der Waals surface area contributed by atoms with Gasteiger partial charge < -0.3 is 20.3 Å². The number of carbonyl (C=O) groups is 1. The van der Waals surface area contributed by atoms with Crippen molar-refractivity contribution >= 4 is 11.7 Å². The summed E-state index contributed by atoms with van der Waals surface area (Å²) in [5, 5.41) is 14.3. The van der Waals surface area contributed by atoms with E-state index in [4.69, 9.17) is 5.11 Å². The van der Waals surface area contributed by atoms with Gasteiger partial charge in [0.25, 0.3) is 5.56 Å². The predicted molar refractivity (Wildman–Crippen MR) is 69.7 cm³/mol. The van der Waals surface area contributed by atoms with Crippen LogP contribution < -0.4 is 16.2 Å². The van der Waals surface area contributed by atoms with Gasteiger partial charge in [-0.25, -0.2) is 4.79 Å². The van der Waals surface area contributed by atoms with Gasteiger partial charge in [0.05, 0.1) is 17.8 Å². The van der Waals surface area contributed by atoms with Crippen LogP contribution in [0.3, 0.4) is 0 Å². The number of pyridine rings is 1. The number of urea groups is 1. The SMILES string of the molecule is CCn1cc(NC(=O)NC(C)(C)CO)ccc1=O. The molecule has 0 aromatic carbocycles. The molecule has 0 unspecified atom stereocenters. The summed E-state index contributed by atoms with van der Waals surface area (Å²) in [5.74, 6) is 0. The highest BCUT2D eigenvalue weighted by Crippen LogP contribution is 2.05. The molecule has 6 heteroatoms. The Morgan fingerprint density at radius 1 is 1.44 bits per heavy atom. The molecular weight excluding hydrogens is 234 g/mol. The molecule has 0 saturated carbocycles. The van der Waals surface area contributed by atoms with Crippen molar-refractivity contribution in [1.29, 1.82) is 0 Å². The van der Waals surface area contributed by atoms with Gasteiger partial charge in [-0.3, -0.25) is 4.79 Å². The maximum Gasteiger partial charge on any atom is 0.319 e. The Morgan fingerprint density at radius 2 is 2.11 bits per heavy atom. The Hall–Kier alpha value is -1.82. The van der Waals surface area contributed by atoms with Gasteiger partial charge in [0.1, 0.15) is 0 Å². The number of aryl methyl sites for hydroxylation is 1. The third-order valence-electron chi connectivity index (χ3n) is 2.43. The number of aliphatic hydroxyl groups is 1. The molecule has 0 radical (unpaired) electrons. The van der Waals surface area contributed by atoms with Gasteiger partial charge in [-0.15, -0.1) is 0 Å². The molecule has 1 heterocycles. The monoisotopic (exact) mass is 253 g/mol. The van der Waals surface area contributed by atoms with Gasteiger partial charge >= 0.3 is 6.03 Å². The highest BCUT2D eigenvalue weighted by atomic mass is 16.3. The number of carbonyl (C=O) groups excluding carboxylic acids is 1. The zero-order valence-electron chi connectivity index (χ0n) is 10.9. The lowest BCUT2D eigenvalue weighted by Gasteiger charge is -2.23. The molecule has 1 aromatic rings. The zero-order chi connectivity index (χ0) is 13.8. The second-order valence-electron chi connectivity index (χ2n) is 4.66. The minimum Gasteiger partial charge on any atom is -0.394 e. The highest BCUT2D eigenvalue weighted by Gasteiger charge is 2.18. The lowest BCUT2D eigenvalue weighted by Crippen LogP contribution is -2.48. The number of nitrogens with zero attached hydrogens (tertiary/aromatic N) is 1. The third-order valence-corrected chi connectivity index (χ3v) is 2.43. The molecule has 2 amide bonds. The molecule has 6 nitrogen and oxygen atoms in total. The number of nitrogens with one attached hydrogen (secondary N) is 2. The first kappa shape index (κ1) is 14.2. The Labute approximate surface area is 106 Å². The topological polar surface area (TPSA) is 83.4 Å². The second-order valence-corrected chi connectivity index (χ2v) is 4.66. The van der Waals surface area contributed by atoms with Crippen molar-refractivity contribution in [2.45, 2.75) is 32.9 Å². The van der Waals surface area contributed by atoms with Crippen molar-refractivity contribution in [3.63, 3.8) is 0 Å². The fourth-order valence-electron chi connectivity index (χ4n) is 1.36. The number of anilines is 1. The van der Waals surface area contributed by atoms with E-state index < -0.39 is 11.6 Å². The van der Waals surface area contributed by atoms with Crippen LogP contribution in [0.1, 0.15) is 20.8 Å². The van der Waals surface area contributed by atoms with Gasteiger partial charge in [-0.1, -0.05) is 0 Å². The van der Waals surface area contributed by atoms with E-state index in [-0.39, 0.29) is 12.2 Å². The first-order valence-electron chi connectivity index (χ1n) is 5.78. The van der Waals surface area contributed by atoms with Crippen molar-refractivity contribution in [2.24, 2.45) is 0 Å².